The number of fused-ring (bicyclic) bond motifs is 1. The van der Waals surface area contributed by atoms with Crippen LogP contribution in [0.5, 0.6) is 5.75 Å². The first-order chi connectivity index (χ1) is 9.24. The molecule has 1 fully saturated rings. The largest absolute Gasteiger partial charge is 0.490 e. The summed E-state index contributed by atoms with van der Waals surface area (Å²) in [7, 11) is 0. The van der Waals surface area contributed by atoms with E-state index < -0.39 is 0 Å². The molecule has 0 atom stereocenters. The van der Waals surface area contributed by atoms with Gasteiger partial charge in [0.05, 0.1) is 6.10 Å². The van der Waals surface area contributed by atoms with Gasteiger partial charge in [0.15, 0.2) is 0 Å². The van der Waals surface area contributed by atoms with E-state index in [1.54, 1.807) is 0 Å². The Morgan fingerprint density at radius 2 is 1.90 bits per heavy atom. The normalized spacial score (nSPS) is 22.3. The zero-order valence-corrected chi connectivity index (χ0v) is 13.5. The molecule has 20 heavy (non-hydrogen) atoms. The van der Waals surface area contributed by atoms with Crippen molar-refractivity contribution in [1.82, 2.24) is 4.98 Å². The van der Waals surface area contributed by atoms with Gasteiger partial charge in [-0.1, -0.05) is 12.1 Å². The number of nitrogens with zero attached hydrogens (tertiary/aromatic N) is 1. The van der Waals surface area contributed by atoms with Gasteiger partial charge in [-0.05, 0) is 47.7 Å². The molecule has 1 heterocycles. The molecule has 3 rings (SSSR count). The fourth-order valence-electron chi connectivity index (χ4n) is 2.64. The van der Waals surface area contributed by atoms with E-state index in [-0.39, 0.29) is 18.5 Å². The number of halogens is 2. The van der Waals surface area contributed by atoms with E-state index in [1.165, 1.54) is 0 Å². The molecule has 0 bridgehead atoms. The highest BCUT2D eigenvalue weighted by Gasteiger charge is 2.20. The molecule has 3 nitrogen and oxygen atoms in total. The summed E-state index contributed by atoms with van der Waals surface area (Å²) in [6, 6.07) is 6.45. The Morgan fingerprint density at radius 1 is 1.15 bits per heavy atom. The number of rotatable bonds is 2. The van der Waals surface area contributed by atoms with Gasteiger partial charge in [0, 0.05) is 33.7 Å². The second-order valence-corrected chi connectivity index (χ2v) is 5.98. The monoisotopic (exact) mass is 356 g/mol. The predicted molar refractivity (Wildman–Crippen MR) is 87.6 cm³/mol. The maximum atomic E-state index is 6.18. The molecule has 0 spiro atoms. The molecule has 0 aliphatic heterocycles. The number of hydrogen-bond donors (Lipinski definition) is 1. The van der Waals surface area contributed by atoms with E-state index in [1.807, 2.05) is 24.5 Å². The van der Waals surface area contributed by atoms with E-state index in [0.717, 1.165) is 46.7 Å². The van der Waals surface area contributed by atoms with Gasteiger partial charge in [-0.25, -0.2) is 0 Å². The Hall–Kier alpha value is -0.840. The first kappa shape index (κ1) is 15.5. The van der Waals surface area contributed by atoms with Gasteiger partial charge in [0.25, 0.3) is 0 Å². The van der Waals surface area contributed by atoms with Crippen molar-refractivity contribution in [2.24, 2.45) is 5.73 Å². The second kappa shape index (κ2) is 6.74. The minimum absolute atomic E-state index is 0. The molecule has 0 amide bonds. The highest BCUT2D eigenvalue weighted by atomic mass is 79.9. The number of ether oxygens (including phenoxy) is 1. The summed E-state index contributed by atoms with van der Waals surface area (Å²) in [6.07, 6.45) is 8.15. The van der Waals surface area contributed by atoms with Crippen LogP contribution in [-0.2, 0) is 0 Å². The van der Waals surface area contributed by atoms with E-state index in [2.05, 4.69) is 27.0 Å². The van der Waals surface area contributed by atoms with Crippen LogP contribution >= 0.6 is 28.3 Å². The first-order valence-electron chi connectivity index (χ1n) is 6.68. The lowest BCUT2D eigenvalue weighted by atomic mass is 9.93. The van der Waals surface area contributed by atoms with E-state index in [0.29, 0.717) is 6.04 Å². The highest BCUT2D eigenvalue weighted by molar-refractivity contribution is 9.10. The smallest absolute Gasteiger partial charge is 0.128 e. The summed E-state index contributed by atoms with van der Waals surface area (Å²) in [4.78, 5) is 4.19. The van der Waals surface area contributed by atoms with Crippen molar-refractivity contribution in [2.75, 3.05) is 0 Å². The summed E-state index contributed by atoms with van der Waals surface area (Å²) >= 11 is 3.56. The molecule has 0 saturated heterocycles. The Kier molecular flexibility index (Phi) is 5.24. The van der Waals surface area contributed by atoms with Crippen molar-refractivity contribution in [1.29, 1.82) is 0 Å². The second-order valence-electron chi connectivity index (χ2n) is 5.13. The van der Waals surface area contributed by atoms with Crippen molar-refractivity contribution < 1.29 is 4.74 Å². The quantitative estimate of drug-likeness (QED) is 0.881. The van der Waals surface area contributed by atoms with Crippen molar-refractivity contribution in [3.8, 4) is 5.75 Å². The third-order valence-electron chi connectivity index (χ3n) is 3.71. The lowest BCUT2D eigenvalue weighted by molar-refractivity contribution is 0.149. The van der Waals surface area contributed by atoms with Gasteiger partial charge in [-0.2, -0.15) is 0 Å². The number of hydrogen-bond acceptors (Lipinski definition) is 3. The summed E-state index contributed by atoms with van der Waals surface area (Å²) in [5, 5.41) is 2.20. The maximum Gasteiger partial charge on any atom is 0.128 e. The number of nitrogens with two attached hydrogens (primary N) is 1. The minimum atomic E-state index is 0. The van der Waals surface area contributed by atoms with E-state index in [9.17, 15) is 0 Å². The van der Waals surface area contributed by atoms with Crippen molar-refractivity contribution >= 4 is 39.1 Å². The van der Waals surface area contributed by atoms with Gasteiger partial charge in [-0.3, -0.25) is 4.98 Å². The lowest BCUT2D eigenvalue weighted by Crippen LogP contribution is -2.31. The fourth-order valence-corrected chi connectivity index (χ4v) is 3.19. The Morgan fingerprint density at radius 3 is 2.65 bits per heavy atom. The molecule has 0 radical (unpaired) electrons. The van der Waals surface area contributed by atoms with Gasteiger partial charge >= 0.3 is 0 Å². The average molecular weight is 358 g/mol. The lowest BCUT2D eigenvalue weighted by Gasteiger charge is -2.27. The van der Waals surface area contributed by atoms with Crippen LogP contribution in [0.3, 0.4) is 0 Å². The van der Waals surface area contributed by atoms with Crippen LogP contribution in [0.25, 0.3) is 10.8 Å². The molecular weight excluding hydrogens is 340 g/mol. The van der Waals surface area contributed by atoms with E-state index in [4.69, 9.17) is 10.5 Å². The standard InChI is InChI=1S/C15H17BrN2O.ClH/c16-13-9-18-8-10-2-1-3-14(15(10)13)19-12-6-4-11(17)5-7-12;/h1-3,8-9,11-12H,4-7,17H2;1H. The predicted octanol–water partition coefficient (Wildman–Crippen LogP) is 4.07. The molecular formula is C15H18BrClN2O. The Bertz CT molecular complexity index is 580. The van der Waals surface area contributed by atoms with Gasteiger partial charge in [0.1, 0.15) is 5.75 Å². The van der Waals surface area contributed by atoms with Gasteiger partial charge < -0.3 is 10.5 Å². The van der Waals surface area contributed by atoms with Crippen LogP contribution < -0.4 is 10.5 Å². The Balaban J connectivity index is 0.00000147. The third kappa shape index (κ3) is 3.25. The number of aromatic nitrogens is 1. The van der Waals surface area contributed by atoms with Crippen LogP contribution in [0, 0.1) is 0 Å². The summed E-state index contributed by atoms with van der Waals surface area (Å²) in [5.74, 6) is 0.937. The molecule has 2 aromatic rings. The van der Waals surface area contributed by atoms with Crippen molar-refractivity contribution in [3.63, 3.8) is 0 Å². The molecule has 2 N–H and O–H groups in total. The summed E-state index contributed by atoms with van der Waals surface area (Å²) in [6.45, 7) is 0. The summed E-state index contributed by atoms with van der Waals surface area (Å²) < 4.78 is 7.16. The topological polar surface area (TPSA) is 48.1 Å². The van der Waals surface area contributed by atoms with Crippen LogP contribution in [0.4, 0.5) is 0 Å². The van der Waals surface area contributed by atoms with Gasteiger partial charge in [0.2, 0.25) is 0 Å². The third-order valence-corrected chi connectivity index (χ3v) is 4.31. The zero-order chi connectivity index (χ0) is 13.2. The van der Waals surface area contributed by atoms with Gasteiger partial charge in [-0.15, -0.1) is 12.4 Å². The molecule has 1 aromatic carbocycles. The number of pyridine rings is 1. The van der Waals surface area contributed by atoms with Crippen LogP contribution in [-0.4, -0.2) is 17.1 Å². The molecule has 1 saturated carbocycles. The average Bonchev–Trinajstić information content (AvgIpc) is 2.42. The summed E-state index contributed by atoms with van der Waals surface area (Å²) in [5.41, 5.74) is 5.93. The maximum absolute atomic E-state index is 6.18. The van der Waals surface area contributed by atoms with Crippen LogP contribution in [0.1, 0.15) is 25.7 Å². The minimum Gasteiger partial charge on any atom is -0.490 e. The van der Waals surface area contributed by atoms with Crippen molar-refractivity contribution in [2.45, 2.75) is 37.8 Å². The molecule has 1 aliphatic carbocycles. The van der Waals surface area contributed by atoms with Crippen molar-refractivity contribution in [3.05, 3.63) is 35.1 Å². The zero-order valence-electron chi connectivity index (χ0n) is 11.1. The molecule has 108 valence electrons. The van der Waals surface area contributed by atoms with Crippen LogP contribution in [0.15, 0.2) is 35.1 Å². The fraction of sp³-hybridized carbons (Fsp3) is 0.400. The van der Waals surface area contributed by atoms with E-state index >= 15 is 0 Å². The SMILES string of the molecule is Cl.NC1CCC(Oc2cccc3cncc(Br)c23)CC1. The number of benzene rings is 1. The molecule has 0 unspecified atom stereocenters. The molecule has 5 heteroatoms. The highest BCUT2D eigenvalue weighted by Crippen LogP contribution is 2.33. The molecule has 1 aromatic heterocycles. The Labute approximate surface area is 133 Å². The first-order valence-corrected chi connectivity index (χ1v) is 7.48. The van der Waals surface area contributed by atoms with Crippen LogP contribution in [0.2, 0.25) is 0 Å². The molecule has 1 aliphatic rings.